The molecule has 1 N–H and O–H groups in total. The van der Waals surface area contributed by atoms with Crippen LogP contribution in [-0.4, -0.2) is 20.6 Å². The van der Waals surface area contributed by atoms with Crippen molar-refractivity contribution < 1.29 is 5.11 Å². The topological polar surface area (TPSA) is 37.5 Å². The number of fused-ring (bicyclic) bond motifs is 2. The Labute approximate surface area is 110 Å². The molecule has 2 aliphatic carbocycles. The van der Waals surface area contributed by atoms with E-state index in [1.807, 2.05) is 16.0 Å². The van der Waals surface area contributed by atoms with Gasteiger partial charge < -0.3 is 5.11 Å². The summed E-state index contributed by atoms with van der Waals surface area (Å²) in [6.45, 7) is 0. The van der Waals surface area contributed by atoms with Crippen molar-refractivity contribution >= 4 is 16.3 Å². The highest BCUT2D eigenvalue weighted by Crippen LogP contribution is 2.57. The van der Waals surface area contributed by atoms with Gasteiger partial charge in [0, 0.05) is 24.2 Å². The first-order chi connectivity index (χ1) is 8.83. The highest BCUT2D eigenvalue weighted by molar-refractivity contribution is 7.15. The number of aliphatic hydroxyl groups excluding tert-OH is 1. The van der Waals surface area contributed by atoms with Gasteiger partial charge in [0.15, 0.2) is 4.96 Å². The average molecular weight is 262 g/mol. The normalized spacial score (nSPS) is 32.4. The van der Waals surface area contributed by atoms with Gasteiger partial charge in [-0.25, -0.2) is 4.98 Å². The summed E-state index contributed by atoms with van der Waals surface area (Å²) in [6, 6.07) is 0. The molecule has 3 nitrogen and oxygen atoms in total. The van der Waals surface area contributed by atoms with Gasteiger partial charge >= 0.3 is 0 Å². The summed E-state index contributed by atoms with van der Waals surface area (Å²) in [5.74, 6) is 2.20. The molecule has 0 bridgehead atoms. The van der Waals surface area contributed by atoms with E-state index in [4.69, 9.17) is 0 Å². The van der Waals surface area contributed by atoms with Gasteiger partial charge in [0.25, 0.3) is 0 Å². The molecule has 0 aliphatic heterocycles. The predicted molar refractivity (Wildman–Crippen MR) is 71.7 cm³/mol. The van der Waals surface area contributed by atoms with Gasteiger partial charge in [0.2, 0.25) is 0 Å². The lowest BCUT2D eigenvalue weighted by atomic mass is 10.0. The molecule has 2 heterocycles. The lowest BCUT2D eigenvalue weighted by Crippen LogP contribution is -2.15. The molecule has 4 heteroatoms. The Hall–Kier alpha value is -0.870. The van der Waals surface area contributed by atoms with Gasteiger partial charge in [-0.2, -0.15) is 0 Å². The van der Waals surface area contributed by atoms with Crippen molar-refractivity contribution in [2.45, 2.75) is 38.2 Å². The summed E-state index contributed by atoms with van der Waals surface area (Å²) in [6.07, 6.45) is 10.0. The third-order valence-corrected chi connectivity index (χ3v) is 5.50. The Morgan fingerprint density at radius 3 is 2.89 bits per heavy atom. The first-order valence-electron chi connectivity index (χ1n) is 6.92. The highest BCUT2D eigenvalue weighted by Gasteiger charge is 2.53. The molecule has 0 saturated heterocycles. The van der Waals surface area contributed by atoms with Crippen molar-refractivity contribution in [3.8, 4) is 0 Å². The number of rotatable bonds is 3. The molecule has 0 aromatic carbocycles. The number of aromatic nitrogens is 2. The van der Waals surface area contributed by atoms with Gasteiger partial charge in [-0.15, -0.1) is 11.3 Å². The molecule has 0 amide bonds. The van der Waals surface area contributed by atoms with Crippen LogP contribution in [0.15, 0.2) is 17.8 Å². The fourth-order valence-electron chi connectivity index (χ4n) is 3.84. The van der Waals surface area contributed by atoms with Crippen molar-refractivity contribution in [2.24, 2.45) is 17.8 Å². The number of imidazole rings is 1. The van der Waals surface area contributed by atoms with E-state index in [1.54, 1.807) is 11.3 Å². The molecule has 96 valence electrons. The van der Waals surface area contributed by atoms with Crippen LogP contribution in [-0.2, 0) is 6.42 Å². The second-order valence-electron chi connectivity index (χ2n) is 5.79. The van der Waals surface area contributed by atoms with Gasteiger partial charge in [0.1, 0.15) is 0 Å². The van der Waals surface area contributed by atoms with E-state index in [9.17, 15) is 5.11 Å². The molecule has 18 heavy (non-hydrogen) atoms. The SMILES string of the molecule is OC(Cc1cn2ccsc2n1)C1C2CCCCC21. The van der Waals surface area contributed by atoms with Crippen molar-refractivity contribution in [3.63, 3.8) is 0 Å². The van der Waals surface area contributed by atoms with E-state index in [2.05, 4.69) is 11.2 Å². The van der Waals surface area contributed by atoms with Gasteiger partial charge in [-0.05, 0) is 30.6 Å². The minimum Gasteiger partial charge on any atom is -0.392 e. The maximum Gasteiger partial charge on any atom is 0.193 e. The van der Waals surface area contributed by atoms with E-state index < -0.39 is 0 Å². The molecule has 3 atom stereocenters. The quantitative estimate of drug-likeness (QED) is 0.923. The van der Waals surface area contributed by atoms with Crippen LogP contribution in [0.25, 0.3) is 4.96 Å². The Kier molecular flexibility index (Phi) is 2.49. The fourth-order valence-corrected chi connectivity index (χ4v) is 4.56. The number of thiazole rings is 1. The third-order valence-electron chi connectivity index (χ3n) is 4.73. The molecule has 3 unspecified atom stereocenters. The van der Waals surface area contributed by atoms with Crippen LogP contribution in [0.5, 0.6) is 0 Å². The molecular formula is C14H18N2OS. The number of nitrogens with zero attached hydrogens (tertiary/aromatic N) is 2. The Balaban J connectivity index is 1.46. The lowest BCUT2D eigenvalue weighted by Gasteiger charge is -2.07. The summed E-state index contributed by atoms with van der Waals surface area (Å²) in [5.41, 5.74) is 1.04. The minimum atomic E-state index is -0.178. The molecule has 0 radical (unpaired) electrons. The van der Waals surface area contributed by atoms with Crippen LogP contribution in [0, 0.1) is 17.8 Å². The first kappa shape index (κ1) is 11.0. The number of hydrogen-bond acceptors (Lipinski definition) is 3. The summed E-state index contributed by atoms with van der Waals surface area (Å²) in [5, 5.41) is 12.4. The molecular weight excluding hydrogens is 244 g/mol. The molecule has 2 saturated carbocycles. The second-order valence-corrected chi connectivity index (χ2v) is 6.66. The highest BCUT2D eigenvalue weighted by atomic mass is 32.1. The lowest BCUT2D eigenvalue weighted by molar-refractivity contribution is 0.139. The number of aliphatic hydroxyl groups is 1. The predicted octanol–water partition coefficient (Wildman–Crippen LogP) is 2.74. The van der Waals surface area contributed by atoms with E-state index in [1.165, 1.54) is 25.7 Å². The maximum absolute atomic E-state index is 10.4. The van der Waals surface area contributed by atoms with Gasteiger partial charge in [-0.3, -0.25) is 4.40 Å². The standard InChI is InChI=1S/C14H18N2OS/c17-12(13-10-3-1-2-4-11(10)13)7-9-8-16-5-6-18-14(16)15-9/h5-6,8,10-13,17H,1-4,7H2. The van der Waals surface area contributed by atoms with E-state index in [-0.39, 0.29) is 6.10 Å². The minimum absolute atomic E-state index is 0.178. The summed E-state index contributed by atoms with van der Waals surface area (Å²) in [4.78, 5) is 5.59. The molecule has 2 aliphatic rings. The average Bonchev–Trinajstić information content (AvgIpc) is 2.73. The van der Waals surface area contributed by atoms with Crippen molar-refractivity contribution in [2.75, 3.05) is 0 Å². The van der Waals surface area contributed by atoms with E-state index >= 15 is 0 Å². The summed E-state index contributed by atoms with van der Waals surface area (Å²) < 4.78 is 2.05. The molecule has 0 spiro atoms. The Bertz CT molecular complexity index is 520. The number of hydrogen-bond donors (Lipinski definition) is 1. The first-order valence-corrected chi connectivity index (χ1v) is 7.80. The van der Waals surface area contributed by atoms with Crippen molar-refractivity contribution in [3.05, 3.63) is 23.5 Å². The van der Waals surface area contributed by atoms with Crippen LogP contribution in [0.4, 0.5) is 0 Å². The Morgan fingerprint density at radius 1 is 1.39 bits per heavy atom. The molecule has 4 rings (SSSR count). The maximum atomic E-state index is 10.4. The molecule has 2 aromatic rings. The zero-order chi connectivity index (χ0) is 12.1. The molecule has 2 fully saturated rings. The monoisotopic (exact) mass is 262 g/mol. The molecule has 2 aromatic heterocycles. The van der Waals surface area contributed by atoms with Gasteiger partial charge in [-0.1, -0.05) is 12.8 Å². The van der Waals surface area contributed by atoms with E-state index in [0.717, 1.165) is 28.9 Å². The summed E-state index contributed by atoms with van der Waals surface area (Å²) >= 11 is 1.65. The second kappa shape index (κ2) is 4.07. The van der Waals surface area contributed by atoms with Crippen LogP contribution >= 0.6 is 11.3 Å². The smallest absolute Gasteiger partial charge is 0.193 e. The zero-order valence-corrected chi connectivity index (χ0v) is 11.1. The summed E-state index contributed by atoms with van der Waals surface area (Å²) in [7, 11) is 0. The van der Waals surface area contributed by atoms with Crippen LogP contribution < -0.4 is 0 Å². The van der Waals surface area contributed by atoms with Crippen molar-refractivity contribution in [1.29, 1.82) is 0 Å². The zero-order valence-electron chi connectivity index (χ0n) is 10.3. The van der Waals surface area contributed by atoms with Gasteiger partial charge in [0.05, 0.1) is 11.8 Å². The van der Waals surface area contributed by atoms with E-state index in [0.29, 0.717) is 5.92 Å². The van der Waals surface area contributed by atoms with Crippen LogP contribution in [0.3, 0.4) is 0 Å². The fraction of sp³-hybridized carbons (Fsp3) is 0.643. The van der Waals surface area contributed by atoms with Crippen molar-refractivity contribution in [1.82, 2.24) is 9.38 Å². The Morgan fingerprint density at radius 2 is 2.17 bits per heavy atom. The largest absolute Gasteiger partial charge is 0.392 e. The van der Waals surface area contributed by atoms with Crippen LogP contribution in [0.1, 0.15) is 31.4 Å². The third kappa shape index (κ3) is 1.70. The van der Waals surface area contributed by atoms with Crippen LogP contribution in [0.2, 0.25) is 0 Å².